The smallest absolute Gasteiger partial charge is 0.306 e. The minimum Gasteiger partial charge on any atom is -0.756 e. The molecule has 10 nitrogen and oxygen atoms in total. The summed E-state index contributed by atoms with van der Waals surface area (Å²) in [5.74, 6) is -0.928. The van der Waals surface area contributed by atoms with Crippen LogP contribution in [-0.4, -0.2) is 81.2 Å². The maximum Gasteiger partial charge on any atom is 0.306 e. The van der Waals surface area contributed by atoms with Crippen LogP contribution in [-0.2, 0) is 32.7 Å². The first-order valence-corrected chi connectivity index (χ1v) is 22.4. The lowest BCUT2D eigenvalue weighted by Crippen LogP contribution is -2.37. The predicted octanol–water partition coefficient (Wildman–Crippen LogP) is 9.86. The van der Waals surface area contributed by atoms with Gasteiger partial charge in [-0.2, -0.15) is 0 Å². The van der Waals surface area contributed by atoms with Crippen LogP contribution in [0.4, 0.5) is 0 Å². The van der Waals surface area contributed by atoms with E-state index >= 15 is 0 Å². The molecule has 0 fully saturated rings. The van der Waals surface area contributed by atoms with Crippen molar-refractivity contribution in [3.8, 4) is 0 Å². The van der Waals surface area contributed by atoms with Crippen molar-refractivity contribution >= 4 is 19.8 Å². The number of rotatable bonds is 37. The number of unbranched alkanes of at least 4 members (excludes halogenated alkanes) is 14. The summed E-state index contributed by atoms with van der Waals surface area (Å²) in [7, 11) is 1.10. The first-order valence-electron chi connectivity index (χ1n) is 21.0. The molecule has 0 amide bonds. The maximum absolute atomic E-state index is 12.6. The third-order valence-electron chi connectivity index (χ3n) is 8.71. The average Bonchev–Trinajstić information content (AvgIpc) is 3.11. The summed E-state index contributed by atoms with van der Waals surface area (Å²) in [5, 5.41) is 9.90. The standard InChI is InChI=1S/C43H78NO9P/c1-6-8-10-11-12-13-14-17-20-23-26-30-34-42(46)50-38-41(39-52-54(48,49)51-37-36-44(3,4)5)53-43(47)35-31-27-24-21-18-15-16-19-22-25-29-33-40(45)32-28-9-7-2/h15-16,21-22,24-25,29,33,40-41,45H,6-14,17-20,23,26-28,30-32,34-39H2,1-5H3/b16-15-,24-21-,25-22-,33-29+/t40-,41+/m0/s1. The van der Waals surface area contributed by atoms with Gasteiger partial charge in [0.2, 0.25) is 0 Å². The Kier molecular flexibility index (Phi) is 34.0. The van der Waals surface area contributed by atoms with E-state index < -0.39 is 32.5 Å². The molecule has 0 rings (SSSR count). The van der Waals surface area contributed by atoms with Gasteiger partial charge in [-0.25, -0.2) is 0 Å². The lowest BCUT2D eigenvalue weighted by Gasteiger charge is -2.28. The number of ether oxygens (including phenoxy) is 2. The van der Waals surface area contributed by atoms with Crippen LogP contribution in [0.2, 0.25) is 0 Å². The molecule has 0 aliphatic heterocycles. The number of esters is 2. The Morgan fingerprint density at radius 2 is 1.24 bits per heavy atom. The summed E-state index contributed by atoms with van der Waals surface area (Å²) < 4.78 is 33.7. The van der Waals surface area contributed by atoms with Crippen LogP contribution in [0.15, 0.2) is 48.6 Å². The number of hydrogen-bond donors (Lipinski definition) is 1. The average molecular weight is 784 g/mol. The van der Waals surface area contributed by atoms with E-state index in [9.17, 15) is 24.2 Å². The van der Waals surface area contributed by atoms with E-state index in [1.807, 2.05) is 57.6 Å². The molecule has 11 heteroatoms. The molecule has 0 saturated carbocycles. The number of allylic oxidation sites excluding steroid dienone is 7. The minimum absolute atomic E-state index is 0.0498. The van der Waals surface area contributed by atoms with Crippen LogP contribution >= 0.6 is 7.82 Å². The number of carbonyl (C=O) groups is 2. The highest BCUT2D eigenvalue weighted by atomic mass is 31.2. The molecule has 0 aliphatic carbocycles. The fourth-order valence-electron chi connectivity index (χ4n) is 5.34. The van der Waals surface area contributed by atoms with Gasteiger partial charge in [-0.15, -0.1) is 0 Å². The zero-order valence-corrected chi connectivity index (χ0v) is 35.7. The molecule has 0 heterocycles. The van der Waals surface area contributed by atoms with Crippen LogP contribution in [0, 0.1) is 0 Å². The zero-order valence-electron chi connectivity index (χ0n) is 34.8. The first kappa shape index (κ1) is 51.9. The Labute approximate surface area is 329 Å². The lowest BCUT2D eigenvalue weighted by molar-refractivity contribution is -0.870. The van der Waals surface area contributed by atoms with Crippen LogP contribution in [0.5, 0.6) is 0 Å². The maximum atomic E-state index is 12.6. The largest absolute Gasteiger partial charge is 0.756 e. The minimum atomic E-state index is -4.65. The fraction of sp³-hybridized carbons (Fsp3) is 0.767. The van der Waals surface area contributed by atoms with E-state index in [0.29, 0.717) is 23.9 Å². The number of hydrogen-bond acceptors (Lipinski definition) is 9. The third-order valence-corrected chi connectivity index (χ3v) is 9.67. The Bertz CT molecular complexity index is 1080. The second kappa shape index (κ2) is 35.4. The number of phosphoric acid groups is 1. The summed E-state index contributed by atoms with van der Waals surface area (Å²) in [5.41, 5.74) is 0. The monoisotopic (exact) mass is 784 g/mol. The van der Waals surface area contributed by atoms with Crippen LogP contribution < -0.4 is 4.89 Å². The predicted molar refractivity (Wildman–Crippen MR) is 219 cm³/mol. The second-order valence-electron chi connectivity index (χ2n) is 15.2. The van der Waals surface area contributed by atoms with Gasteiger partial charge in [0.05, 0.1) is 33.9 Å². The zero-order chi connectivity index (χ0) is 40.2. The van der Waals surface area contributed by atoms with Gasteiger partial charge in [0, 0.05) is 12.8 Å². The molecule has 54 heavy (non-hydrogen) atoms. The summed E-state index contributed by atoms with van der Waals surface area (Å²) in [6.45, 7) is 4.00. The summed E-state index contributed by atoms with van der Waals surface area (Å²) in [6, 6.07) is 0. The highest BCUT2D eigenvalue weighted by Crippen LogP contribution is 2.38. The Morgan fingerprint density at radius 1 is 0.685 bits per heavy atom. The van der Waals surface area contributed by atoms with Crippen molar-refractivity contribution < 1.29 is 47.2 Å². The summed E-state index contributed by atoms with van der Waals surface area (Å²) in [6.07, 6.45) is 36.1. The third kappa shape index (κ3) is 38.2. The normalized spacial score (nSPS) is 14.7. The van der Waals surface area contributed by atoms with Crippen molar-refractivity contribution in [1.29, 1.82) is 0 Å². The molecule has 314 valence electrons. The molecule has 0 aliphatic rings. The van der Waals surface area contributed by atoms with Crippen LogP contribution in [0.1, 0.15) is 155 Å². The molecule has 1 unspecified atom stereocenters. The van der Waals surface area contributed by atoms with E-state index in [-0.39, 0.29) is 32.2 Å². The number of nitrogens with zero attached hydrogens (tertiary/aromatic N) is 1. The van der Waals surface area contributed by atoms with Gasteiger partial charge in [-0.3, -0.25) is 14.2 Å². The number of likely N-dealkylation sites (N-methyl/N-ethyl adjacent to an activating group) is 1. The number of aliphatic hydroxyl groups excluding tert-OH is 1. The molecular weight excluding hydrogens is 705 g/mol. The fourth-order valence-corrected chi connectivity index (χ4v) is 6.07. The topological polar surface area (TPSA) is 131 Å². The molecule has 0 spiro atoms. The van der Waals surface area contributed by atoms with Gasteiger partial charge in [0.1, 0.15) is 19.8 Å². The Hall–Kier alpha value is -2.07. The van der Waals surface area contributed by atoms with Crippen molar-refractivity contribution in [2.75, 3.05) is 47.5 Å². The number of carbonyl (C=O) groups excluding carboxylic acids is 2. The van der Waals surface area contributed by atoms with Crippen LogP contribution in [0.25, 0.3) is 0 Å². The summed E-state index contributed by atoms with van der Waals surface area (Å²) in [4.78, 5) is 37.4. The van der Waals surface area contributed by atoms with E-state index in [1.54, 1.807) is 0 Å². The molecule has 0 radical (unpaired) electrons. The molecular formula is C43H78NO9P. The van der Waals surface area contributed by atoms with Crippen molar-refractivity contribution in [1.82, 2.24) is 0 Å². The van der Waals surface area contributed by atoms with Crippen molar-refractivity contribution in [2.45, 2.75) is 167 Å². The van der Waals surface area contributed by atoms with Gasteiger partial charge < -0.3 is 33.0 Å². The SMILES string of the molecule is CCCCCCCCCCCCCCC(=O)OC[C@H](COP(=O)([O-])OCC[N+](C)(C)C)OC(=O)CCC/C=C\C/C=C\C/C=C\C=C\[C@@H](O)CCCCC. The number of aliphatic hydroxyl groups is 1. The van der Waals surface area contributed by atoms with E-state index in [1.165, 1.54) is 57.8 Å². The number of phosphoric ester groups is 1. The molecule has 3 atom stereocenters. The quantitative estimate of drug-likeness (QED) is 0.0163. The van der Waals surface area contributed by atoms with Crippen molar-refractivity contribution in [3.05, 3.63) is 48.6 Å². The lowest BCUT2D eigenvalue weighted by atomic mass is 10.0. The van der Waals surface area contributed by atoms with Gasteiger partial charge >= 0.3 is 11.9 Å². The van der Waals surface area contributed by atoms with Gasteiger partial charge in [-0.05, 0) is 38.5 Å². The van der Waals surface area contributed by atoms with Gasteiger partial charge in [-0.1, -0.05) is 152 Å². The molecule has 0 saturated heterocycles. The highest BCUT2D eigenvalue weighted by Gasteiger charge is 2.21. The molecule has 1 N–H and O–H groups in total. The first-order chi connectivity index (χ1) is 25.9. The van der Waals surface area contributed by atoms with Gasteiger partial charge in [0.15, 0.2) is 6.10 Å². The number of quaternary nitrogens is 1. The van der Waals surface area contributed by atoms with E-state index in [4.69, 9.17) is 18.5 Å². The molecule has 0 aromatic rings. The Balaban J connectivity index is 4.54. The molecule has 0 bridgehead atoms. The van der Waals surface area contributed by atoms with Crippen molar-refractivity contribution in [3.63, 3.8) is 0 Å². The second-order valence-corrected chi connectivity index (χ2v) is 16.6. The molecule has 0 aromatic carbocycles. The highest BCUT2D eigenvalue weighted by molar-refractivity contribution is 7.45. The summed E-state index contributed by atoms with van der Waals surface area (Å²) >= 11 is 0. The van der Waals surface area contributed by atoms with Crippen LogP contribution in [0.3, 0.4) is 0 Å². The Morgan fingerprint density at radius 3 is 1.87 bits per heavy atom. The van der Waals surface area contributed by atoms with E-state index in [2.05, 4.69) is 26.0 Å². The molecule has 0 aromatic heterocycles. The van der Waals surface area contributed by atoms with E-state index in [0.717, 1.165) is 57.8 Å². The van der Waals surface area contributed by atoms with Crippen molar-refractivity contribution in [2.24, 2.45) is 0 Å². The van der Waals surface area contributed by atoms with Gasteiger partial charge in [0.25, 0.3) is 7.82 Å².